The summed E-state index contributed by atoms with van der Waals surface area (Å²) >= 11 is 2.05. The van der Waals surface area contributed by atoms with Gasteiger partial charge < -0.3 is 5.32 Å². The number of rotatable bonds is 4. The van der Waals surface area contributed by atoms with E-state index in [0.29, 0.717) is 5.92 Å². The zero-order valence-electron chi connectivity index (χ0n) is 11.1. The monoisotopic (exact) mass is 249 g/mol. The van der Waals surface area contributed by atoms with Crippen LogP contribution in [0.25, 0.3) is 0 Å². The van der Waals surface area contributed by atoms with E-state index in [2.05, 4.69) is 62.2 Å². The van der Waals surface area contributed by atoms with Crippen molar-refractivity contribution >= 4 is 11.8 Å². The van der Waals surface area contributed by atoms with E-state index in [9.17, 15) is 0 Å². The van der Waals surface area contributed by atoms with Crippen LogP contribution >= 0.6 is 11.8 Å². The van der Waals surface area contributed by atoms with Crippen molar-refractivity contribution in [2.24, 2.45) is 0 Å². The second kappa shape index (κ2) is 5.92. The summed E-state index contributed by atoms with van der Waals surface area (Å²) in [6.07, 6.45) is 3.99. The van der Waals surface area contributed by atoms with Gasteiger partial charge in [0.15, 0.2) is 0 Å². The minimum absolute atomic E-state index is 0.634. The molecule has 1 fully saturated rings. The van der Waals surface area contributed by atoms with Gasteiger partial charge in [-0.15, -0.1) is 11.8 Å². The first-order chi connectivity index (χ1) is 8.19. The number of benzene rings is 1. The lowest BCUT2D eigenvalue weighted by Gasteiger charge is -2.11. The minimum atomic E-state index is 0.634. The van der Waals surface area contributed by atoms with E-state index in [4.69, 9.17) is 0 Å². The smallest absolute Gasteiger partial charge is 0.0110 e. The maximum Gasteiger partial charge on any atom is 0.0110 e. The van der Waals surface area contributed by atoms with Crippen molar-refractivity contribution in [3.05, 3.63) is 29.8 Å². The largest absolute Gasteiger partial charge is 0.317 e. The van der Waals surface area contributed by atoms with Gasteiger partial charge in [0.2, 0.25) is 0 Å². The summed E-state index contributed by atoms with van der Waals surface area (Å²) in [5.41, 5.74) is 1.44. The first-order valence-electron chi connectivity index (χ1n) is 6.63. The van der Waals surface area contributed by atoms with E-state index in [0.717, 1.165) is 11.3 Å². The molecule has 1 saturated carbocycles. The van der Waals surface area contributed by atoms with E-state index in [1.54, 1.807) is 0 Å². The van der Waals surface area contributed by atoms with Crippen LogP contribution in [-0.4, -0.2) is 18.3 Å². The van der Waals surface area contributed by atoms with E-state index >= 15 is 0 Å². The van der Waals surface area contributed by atoms with Gasteiger partial charge in [-0.3, -0.25) is 0 Å². The van der Waals surface area contributed by atoms with Crippen LogP contribution in [-0.2, 0) is 0 Å². The van der Waals surface area contributed by atoms with Crippen LogP contribution in [0.2, 0.25) is 0 Å². The van der Waals surface area contributed by atoms with Gasteiger partial charge in [0.25, 0.3) is 0 Å². The quantitative estimate of drug-likeness (QED) is 0.864. The second-order valence-electron chi connectivity index (χ2n) is 5.26. The third kappa shape index (κ3) is 3.49. The van der Waals surface area contributed by atoms with Crippen LogP contribution in [0.5, 0.6) is 0 Å². The van der Waals surface area contributed by atoms with E-state index in [1.165, 1.54) is 29.7 Å². The number of hydrogen-bond acceptors (Lipinski definition) is 2. The molecule has 2 unspecified atom stereocenters. The lowest BCUT2D eigenvalue weighted by molar-refractivity contribution is 0.583. The maximum atomic E-state index is 3.39. The Labute approximate surface area is 109 Å². The molecule has 1 aromatic carbocycles. The fourth-order valence-corrected chi connectivity index (χ4v) is 3.69. The highest BCUT2D eigenvalue weighted by Crippen LogP contribution is 2.35. The zero-order valence-corrected chi connectivity index (χ0v) is 11.9. The molecular formula is C15H23NS. The standard InChI is InChI=1S/C15H23NS/c1-11(2)12-4-7-14(8-5-12)17-15-9-6-13(10-15)16-3/h4-5,7-8,11,13,15-16H,6,9-10H2,1-3H3. The van der Waals surface area contributed by atoms with Crippen molar-refractivity contribution in [3.8, 4) is 0 Å². The Morgan fingerprint density at radius 1 is 1.18 bits per heavy atom. The Morgan fingerprint density at radius 2 is 1.88 bits per heavy atom. The topological polar surface area (TPSA) is 12.0 Å². The molecule has 2 heteroatoms. The highest BCUT2D eigenvalue weighted by atomic mass is 32.2. The lowest BCUT2D eigenvalue weighted by atomic mass is 10.0. The molecule has 2 rings (SSSR count). The fourth-order valence-electron chi connectivity index (χ4n) is 2.43. The maximum absolute atomic E-state index is 3.39. The molecule has 0 spiro atoms. The summed E-state index contributed by atoms with van der Waals surface area (Å²) in [6.45, 7) is 4.49. The van der Waals surface area contributed by atoms with Crippen LogP contribution in [0.1, 0.15) is 44.6 Å². The van der Waals surface area contributed by atoms with E-state index in [-0.39, 0.29) is 0 Å². The molecule has 0 aliphatic heterocycles. The van der Waals surface area contributed by atoms with Crippen molar-refractivity contribution in [1.29, 1.82) is 0 Å². The average molecular weight is 249 g/mol. The van der Waals surface area contributed by atoms with Crippen molar-refractivity contribution in [2.75, 3.05) is 7.05 Å². The molecule has 0 amide bonds. The second-order valence-corrected chi connectivity index (χ2v) is 6.64. The van der Waals surface area contributed by atoms with Gasteiger partial charge >= 0.3 is 0 Å². The van der Waals surface area contributed by atoms with Gasteiger partial charge in [0, 0.05) is 16.2 Å². The van der Waals surface area contributed by atoms with Gasteiger partial charge in [0.1, 0.15) is 0 Å². The van der Waals surface area contributed by atoms with Crippen molar-refractivity contribution in [2.45, 2.75) is 55.2 Å². The Morgan fingerprint density at radius 3 is 2.41 bits per heavy atom. The lowest BCUT2D eigenvalue weighted by Crippen LogP contribution is -2.21. The van der Waals surface area contributed by atoms with Crippen LogP contribution in [0.4, 0.5) is 0 Å². The molecule has 17 heavy (non-hydrogen) atoms. The molecule has 94 valence electrons. The molecule has 1 aliphatic carbocycles. The summed E-state index contributed by atoms with van der Waals surface area (Å²) in [5, 5.41) is 4.19. The van der Waals surface area contributed by atoms with Gasteiger partial charge in [-0.25, -0.2) is 0 Å². The molecule has 0 aromatic heterocycles. The number of thioether (sulfide) groups is 1. The Bertz CT molecular complexity index is 344. The first kappa shape index (κ1) is 13.0. The average Bonchev–Trinajstić information content (AvgIpc) is 2.77. The molecule has 1 aliphatic rings. The summed E-state index contributed by atoms with van der Waals surface area (Å²) in [5.74, 6) is 0.634. The molecular weight excluding hydrogens is 226 g/mol. The van der Waals surface area contributed by atoms with Gasteiger partial charge in [0.05, 0.1) is 0 Å². The third-order valence-corrected chi connectivity index (χ3v) is 4.95. The molecule has 1 aromatic rings. The molecule has 0 bridgehead atoms. The SMILES string of the molecule is CNC1CCC(Sc2ccc(C(C)C)cc2)C1. The summed E-state index contributed by atoms with van der Waals surface area (Å²) < 4.78 is 0. The van der Waals surface area contributed by atoms with E-state index in [1.807, 2.05) is 0 Å². The van der Waals surface area contributed by atoms with E-state index < -0.39 is 0 Å². The molecule has 2 atom stereocenters. The molecule has 0 saturated heterocycles. The van der Waals surface area contributed by atoms with Gasteiger partial charge in [-0.05, 0) is 49.9 Å². The van der Waals surface area contributed by atoms with Crippen LogP contribution in [0, 0.1) is 0 Å². The predicted octanol–water partition coefficient (Wildman–Crippen LogP) is 4.04. The first-order valence-corrected chi connectivity index (χ1v) is 7.51. The van der Waals surface area contributed by atoms with Gasteiger partial charge in [-0.1, -0.05) is 26.0 Å². The molecule has 0 heterocycles. The van der Waals surface area contributed by atoms with Crippen molar-refractivity contribution in [1.82, 2.24) is 5.32 Å². The molecule has 1 N–H and O–H groups in total. The van der Waals surface area contributed by atoms with Crippen LogP contribution in [0.3, 0.4) is 0 Å². The summed E-state index contributed by atoms with van der Waals surface area (Å²) in [4.78, 5) is 1.43. The van der Waals surface area contributed by atoms with Crippen LogP contribution in [0.15, 0.2) is 29.2 Å². The Kier molecular flexibility index (Phi) is 4.52. The number of nitrogens with one attached hydrogen (secondary N) is 1. The molecule has 1 nitrogen and oxygen atoms in total. The number of hydrogen-bond donors (Lipinski definition) is 1. The zero-order chi connectivity index (χ0) is 12.3. The van der Waals surface area contributed by atoms with Crippen molar-refractivity contribution < 1.29 is 0 Å². The summed E-state index contributed by atoms with van der Waals surface area (Å²) in [6, 6.07) is 9.86. The Hall–Kier alpha value is -0.470. The highest BCUT2D eigenvalue weighted by molar-refractivity contribution is 8.00. The summed E-state index contributed by atoms with van der Waals surface area (Å²) in [7, 11) is 2.08. The minimum Gasteiger partial charge on any atom is -0.317 e. The predicted molar refractivity (Wildman–Crippen MR) is 76.9 cm³/mol. The highest BCUT2D eigenvalue weighted by Gasteiger charge is 2.23. The van der Waals surface area contributed by atoms with Crippen molar-refractivity contribution in [3.63, 3.8) is 0 Å². The normalized spacial score (nSPS) is 24.5. The van der Waals surface area contributed by atoms with Crippen LogP contribution < -0.4 is 5.32 Å². The third-order valence-electron chi connectivity index (χ3n) is 3.64. The Balaban J connectivity index is 1.91. The fraction of sp³-hybridized carbons (Fsp3) is 0.600. The molecule has 0 radical (unpaired) electrons. The van der Waals surface area contributed by atoms with Gasteiger partial charge in [-0.2, -0.15) is 0 Å².